The number of hydrogen-bond donors (Lipinski definition) is 1. The highest BCUT2D eigenvalue weighted by atomic mass is 16.3. The van der Waals surface area contributed by atoms with E-state index in [1.54, 1.807) is 0 Å². The quantitative estimate of drug-likeness (QED) is 0.373. The van der Waals surface area contributed by atoms with E-state index in [4.69, 9.17) is 0 Å². The van der Waals surface area contributed by atoms with Gasteiger partial charge in [-0.25, -0.2) is 0 Å². The average Bonchev–Trinajstić information content (AvgIpc) is 3.11. The molecule has 2 aliphatic carbocycles. The minimum absolute atomic E-state index is 0.114. The van der Waals surface area contributed by atoms with Gasteiger partial charge in [-0.15, -0.1) is 0 Å². The van der Waals surface area contributed by atoms with Crippen molar-refractivity contribution in [3.05, 3.63) is 12.2 Å². The molecular formula is C30H62O. The molecule has 0 aliphatic heterocycles. The molecule has 0 radical (unpaired) electrons. The van der Waals surface area contributed by atoms with Crippen molar-refractivity contribution in [1.82, 2.24) is 0 Å². The second-order valence-electron chi connectivity index (χ2n) is 10.1. The van der Waals surface area contributed by atoms with Crippen molar-refractivity contribution in [3.8, 4) is 0 Å². The third-order valence-corrected chi connectivity index (χ3v) is 7.66. The lowest BCUT2D eigenvalue weighted by molar-refractivity contribution is 0.0648. The summed E-state index contributed by atoms with van der Waals surface area (Å²) in [7, 11) is 0. The molecule has 0 amide bonds. The Labute approximate surface area is 198 Å². The van der Waals surface area contributed by atoms with Gasteiger partial charge in [0.15, 0.2) is 0 Å². The highest BCUT2D eigenvalue weighted by Gasteiger charge is 2.48. The first-order valence-corrected chi connectivity index (χ1v) is 14.2. The van der Waals surface area contributed by atoms with Gasteiger partial charge in [-0.1, -0.05) is 108 Å². The predicted molar refractivity (Wildman–Crippen MR) is 144 cm³/mol. The fourth-order valence-corrected chi connectivity index (χ4v) is 6.19. The van der Waals surface area contributed by atoms with Crippen molar-refractivity contribution in [2.24, 2.45) is 28.6 Å². The lowest BCUT2D eigenvalue weighted by Gasteiger charge is -2.45. The lowest BCUT2D eigenvalue weighted by Crippen LogP contribution is -2.36. The van der Waals surface area contributed by atoms with Crippen LogP contribution in [0.15, 0.2) is 12.2 Å². The summed E-state index contributed by atoms with van der Waals surface area (Å²) < 4.78 is 0. The maximum Gasteiger partial charge on any atom is 0.0538 e. The zero-order valence-corrected chi connectivity index (χ0v) is 23.7. The van der Waals surface area contributed by atoms with Crippen LogP contribution in [0.25, 0.3) is 0 Å². The fraction of sp³-hybridized carbons (Fsp3) is 0.933. The van der Waals surface area contributed by atoms with E-state index in [1.165, 1.54) is 51.4 Å². The average molecular weight is 439 g/mol. The zero-order chi connectivity index (χ0) is 24.5. The number of allylic oxidation sites excluding steroid dienone is 2. The largest absolute Gasteiger partial charge is 0.393 e. The molecule has 31 heavy (non-hydrogen) atoms. The summed E-state index contributed by atoms with van der Waals surface area (Å²) in [5, 5.41) is 9.98. The highest BCUT2D eigenvalue weighted by Crippen LogP contribution is 2.58. The molecule has 6 atom stereocenters. The van der Waals surface area contributed by atoms with Gasteiger partial charge in [-0.3, -0.25) is 0 Å². The Morgan fingerprint density at radius 1 is 0.935 bits per heavy atom. The van der Waals surface area contributed by atoms with E-state index >= 15 is 0 Å². The summed E-state index contributed by atoms with van der Waals surface area (Å²) in [5.74, 6) is 2.69. The Kier molecular flexibility index (Phi) is 19.3. The van der Waals surface area contributed by atoms with E-state index in [9.17, 15) is 5.11 Å². The van der Waals surface area contributed by atoms with Gasteiger partial charge in [0.25, 0.3) is 0 Å². The molecule has 0 heterocycles. The minimum Gasteiger partial charge on any atom is -0.393 e. The van der Waals surface area contributed by atoms with Crippen LogP contribution in [-0.4, -0.2) is 11.2 Å². The van der Waals surface area contributed by atoms with Crippen molar-refractivity contribution >= 4 is 0 Å². The lowest BCUT2D eigenvalue weighted by atomic mass is 9.60. The van der Waals surface area contributed by atoms with Crippen molar-refractivity contribution in [2.45, 2.75) is 153 Å². The summed E-state index contributed by atoms with van der Waals surface area (Å²) in [6.07, 6.45) is 18.7. The van der Waals surface area contributed by atoms with Crippen LogP contribution in [0.5, 0.6) is 0 Å². The molecule has 1 fully saturated rings. The predicted octanol–water partition coefficient (Wildman–Crippen LogP) is 10.2. The fourth-order valence-electron chi connectivity index (χ4n) is 6.19. The maximum atomic E-state index is 9.98. The first kappa shape index (κ1) is 32.9. The van der Waals surface area contributed by atoms with Crippen LogP contribution in [0.2, 0.25) is 0 Å². The molecule has 1 saturated carbocycles. The van der Waals surface area contributed by atoms with Crippen LogP contribution in [0.1, 0.15) is 147 Å². The summed E-state index contributed by atoms with van der Waals surface area (Å²) >= 11 is 0. The standard InChI is InChI=1S/C23H42O.C3H8.2C2H6/c1-6-14-23(5)19(7-2)11-12-21(23)18-10-9-15-22(4,17-18)16-13-20(24)8-3;1-3-2;2*1-2/h9,15,18-21,24H,6-8,10-14,16-17H2,1-5H3;3H2,1-2H3;2*1-2H3. The summed E-state index contributed by atoms with van der Waals surface area (Å²) in [6.45, 7) is 24.1. The van der Waals surface area contributed by atoms with Crippen LogP contribution in [-0.2, 0) is 0 Å². The van der Waals surface area contributed by atoms with Gasteiger partial charge in [0, 0.05) is 0 Å². The van der Waals surface area contributed by atoms with Crippen LogP contribution in [0.3, 0.4) is 0 Å². The molecule has 6 unspecified atom stereocenters. The van der Waals surface area contributed by atoms with Crippen LogP contribution >= 0.6 is 0 Å². The molecular weight excluding hydrogens is 376 g/mol. The van der Waals surface area contributed by atoms with Crippen LogP contribution in [0, 0.1) is 28.6 Å². The van der Waals surface area contributed by atoms with E-state index in [2.05, 4.69) is 60.6 Å². The monoisotopic (exact) mass is 438 g/mol. The molecule has 0 saturated heterocycles. The molecule has 0 spiro atoms. The minimum atomic E-state index is -0.114. The molecule has 2 rings (SSSR count). The van der Waals surface area contributed by atoms with Gasteiger partial charge >= 0.3 is 0 Å². The Balaban J connectivity index is 0. The Morgan fingerprint density at radius 2 is 1.52 bits per heavy atom. The molecule has 1 nitrogen and oxygen atoms in total. The van der Waals surface area contributed by atoms with Crippen molar-refractivity contribution < 1.29 is 5.11 Å². The number of rotatable bonds is 8. The van der Waals surface area contributed by atoms with Gasteiger partial charge in [0.1, 0.15) is 0 Å². The van der Waals surface area contributed by atoms with Gasteiger partial charge in [-0.05, 0) is 80.0 Å². The highest BCUT2D eigenvalue weighted by molar-refractivity contribution is 5.08. The number of aliphatic hydroxyl groups excluding tert-OH is 1. The normalized spacial score (nSPS) is 32.6. The molecule has 188 valence electrons. The second-order valence-corrected chi connectivity index (χ2v) is 10.1. The molecule has 0 bridgehead atoms. The van der Waals surface area contributed by atoms with Crippen LogP contribution < -0.4 is 0 Å². The number of aliphatic hydroxyl groups is 1. The van der Waals surface area contributed by atoms with Gasteiger partial charge < -0.3 is 5.11 Å². The summed E-state index contributed by atoms with van der Waals surface area (Å²) in [5.41, 5.74) is 0.861. The zero-order valence-electron chi connectivity index (χ0n) is 23.7. The van der Waals surface area contributed by atoms with Crippen molar-refractivity contribution in [1.29, 1.82) is 0 Å². The smallest absolute Gasteiger partial charge is 0.0538 e. The van der Waals surface area contributed by atoms with E-state index < -0.39 is 0 Å². The Morgan fingerprint density at radius 3 is 2.00 bits per heavy atom. The van der Waals surface area contributed by atoms with E-state index in [-0.39, 0.29) is 6.10 Å². The van der Waals surface area contributed by atoms with Gasteiger partial charge in [0.2, 0.25) is 0 Å². The molecule has 0 aromatic heterocycles. The summed E-state index contributed by atoms with van der Waals surface area (Å²) in [4.78, 5) is 0. The SMILES string of the molecule is CC.CC.CCC.CCCC1(C)C(CC)CCC1C1CC=CC(C)(CCC(O)CC)C1. The van der Waals surface area contributed by atoms with Crippen molar-refractivity contribution in [3.63, 3.8) is 0 Å². The third-order valence-electron chi connectivity index (χ3n) is 7.66. The maximum absolute atomic E-state index is 9.98. The van der Waals surface area contributed by atoms with Gasteiger partial charge in [-0.2, -0.15) is 0 Å². The molecule has 1 heteroatoms. The van der Waals surface area contributed by atoms with E-state index in [0.717, 1.165) is 37.0 Å². The first-order valence-electron chi connectivity index (χ1n) is 14.2. The summed E-state index contributed by atoms with van der Waals surface area (Å²) in [6, 6.07) is 0. The molecule has 1 N–H and O–H groups in total. The van der Waals surface area contributed by atoms with E-state index in [0.29, 0.717) is 10.8 Å². The van der Waals surface area contributed by atoms with Gasteiger partial charge in [0.05, 0.1) is 6.10 Å². The third kappa shape index (κ3) is 10.4. The number of hydrogen-bond acceptors (Lipinski definition) is 1. The topological polar surface area (TPSA) is 20.2 Å². The first-order chi connectivity index (χ1) is 14.8. The van der Waals surface area contributed by atoms with Crippen molar-refractivity contribution in [2.75, 3.05) is 0 Å². The molecule has 0 aromatic carbocycles. The molecule has 0 aromatic rings. The van der Waals surface area contributed by atoms with Crippen LogP contribution in [0.4, 0.5) is 0 Å². The Bertz CT molecular complexity index is 428. The molecule has 2 aliphatic rings. The van der Waals surface area contributed by atoms with E-state index in [1.807, 2.05) is 27.7 Å². The second kappa shape index (κ2) is 18.2. The Hall–Kier alpha value is -0.300.